The summed E-state index contributed by atoms with van der Waals surface area (Å²) < 4.78 is 0. The Bertz CT molecular complexity index is 441. The third kappa shape index (κ3) is 9.79. The van der Waals surface area contributed by atoms with Crippen LogP contribution in [-0.2, 0) is 4.79 Å². The molecule has 2 unspecified atom stereocenters. The van der Waals surface area contributed by atoms with Crippen LogP contribution in [0.4, 0.5) is 0 Å². The zero-order chi connectivity index (χ0) is 18.3. The molecule has 1 aromatic carbocycles. The lowest BCUT2D eigenvalue weighted by atomic mass is 9.91. The van der Waals surface area contributed by atoms with Crippen molar-refractivity contribution < 1.29 is 9.90 Å². The maximum absolute atomic E-state index is 12.3. The number of hydrogen-bond acceptors (Lipinski definition) is 2. The van der Waals surface area contributed by atoms with Gasteiger partial charge >= 0.3 is 0 Å². The van der Waals surface area contributed by atoms with Gasteiger partial charge in [0.25, 0.3) is 0 Å². The standard InChI is InChI=1S/C23H38O2/c1-3-4-5-6-7-8-9-10-11-12-16-19-22(24)20(2)23(25)21-17-14-13-15-18-21/h13-15,17-18,20,23,25H,3-12,16,19H2,1-2H3. The average Bonchev–Trinajstić information content (AvgIpc) is 2.65. The highest BCUT2D eigenvalue weighted by Gasteiger charge is 2.22. The SMILES string of the molecule is CCCCCCCCCCCCCC(=O)C(C)C(O)c1ccccc1. The monoisotopic (exact) mass is 346 g/mol. The predicted molar refractivity (Wildman–Crippen MR) is 107 cm³/mol. The molecule has 25 heavy (non-hydrogen) atoms. The van der Waals surface area contributed by atoms with Gasteiger partial charge in [0.1, 0.15) is 5.78 Å². The van der Waals surface area contributed by atoms with E-state index in [1.165, 1.54) is 57.8 Å². The Morgan fingerprint density at radius 3 is 1.84 bits per heavy atom. The number of Topliss-reactive ketones (excluding diaryl/α,β-unsaturated/α-hetero) is 1. The Morgan fingerprint density at radius 2 is 1.32 bits per heavy atom. The number of aliphatic hydroxyl groups excluding tert-OH is 1. The van der Waals surface area contributed by atoms with Crippen LogP contribution in [0.3, 0.4) is 0 Å². The van der Waals surface area contributed by atoms with Crippen molar-refractivity contribution >= 4 is 5.78 Å². The van der Waals surface area contributed by atoms with Gasteiger partial charge in [0.15, 0.2) is 0 Å². The molecule has 0 saturated carbocycles. The largest absolute Gasteiger partial charge is 0.388 e. The van der Waals surface area contributed by atoms with Crippen LogP contribution in [0.2, 0.25) is 0 Å². The van der Waals surface area contributed by atoms with E-state index in [4.69, 9.17) is 0 Å². The number of hydrogen-bond donors (Lipinski definition) is 1. The van der Waals surface area contributed by atoms with E-state index in [2.05, 4.69) is 6.92 Å². The van der Waals surface area contributed by atoms with Crippen molar-refractivity contribution in [3.8, 4) is 0 Å². The number of ketones is 1. The summed E-state index contributed by atoms with van der Waals surface area (Å²) in [5.41, 5.74) is 0.835. The maximum atomic E-state index is 12.3. The molecule has 2 nitrogen and oxygen atoms in total. The molecule has 0 fully saturated rings. The molecule has 1 N–H and O–H groups in total. The van der Waals surface area contributed by atoms with Crippen molar-refractivity contribution in [1.29, 1.82) is 0 Å². The van der Waals surface area contributed by atoms with Gasteiger partial charge in [-0.05, 0) is 12.0 Å². The van der Waals surface area contributed by atoms with Crippen molar-refractivity contribution in [3.05, 3.63) is 35.9 Å². The number of unbranched alkanes of at least 4 members (excludes halogenated alkanes) is 10. The number of aliphatic hydroxyl groups is 1. The molecule has 0 aromatic heterocycles. The smallest absolute Gasteiger partial charge is 0.138 e. The Morgan fingerprint density at radius 1 is 0.840 bits per heavy atom. The minimum absolute atomic E-state index is 0.187. The Hall–Kier alpha value is -1.15. The van der Waals surface area contributed by atoms with Crippen LogP contribution < -0.4 is 0 Å². The number of rotatable bonds is 15. The summed E-state index contributed by atoms with van der Waals surface area (Å²) in [6.45, 7) is 4.10. The van der Waals surface area contributed by atoms with Gasteiger partial charge in [0.05, 0.1) is 6.10 Å². The first kappa shape index (κ1) is 21.9. The molecule has 0 heterocycles. The molecule has 0 aliphatic rings. The van der Waals surface area contributed by atoms with Gasteiger partial charge in [-0.3, -0.25) is 4.79 Å². The average molecular weight is 347 g/mol. The minimum atomic E-state index is -0.679. The molecule has 0 saturated heterocycles. The zero-order valence-corrected chi connectivity index (χ0v) is 16.4. The summed E-state index contributed by atoms with van der Waals surface area (Å²) in [6.07, 6.45) is 14.1. The summed E-state index contributed by atoms with van der Waals surface area (Å²) in [4.78, 5) is 12.3. The predicted octanol–water partition coefficient (Wildman–Crippen LogP) is 6.63. The van der Waals surface area contributed by atoms with Gasteiger partial charge < -0.3 is 5.11 Å². The summed E-state index contributed by atoms with van der Waals surface area (Å²) in [5, 5.41) is 10.3. The first-order valence-electron chi connectivity index (χ1n) is 10.4. The van der Waals surface area contributed by atoms with Crippen LogP contribution in [0, 0.1) is 5.92 Å². The van der Waals surface area contributed by atoms with Crippen molar-refractivity contribution in [3.63, 3.8) is 0 Å². The fourth-order valence-corrected chi connectivity index (χ4v) is 3.31. The van der Waals surface area contributed by atoms with Crippen molar-refractivity contribution in [2.75, 3.05) is 0 Å². The molecule has 0 bridgehead atoms. The van der Waals surface area contributed by atoms with Crippen molar-refractivity contribution in [1.82, 2.24) is 0 Å². The van der Waals surface area contributed by atoms with Gasteiger partial charge in [-0.25, -0.2) is 0 Å². The van der Waals surface area contributed by atoms with Crippen molar-refractivity contribution in [2.45, 2.75) is 97.0 Å². The third-order valence-corrected chi connectivity index (χ3v) is 5.15. The number of carbonyl (C=O) groups excluding carboxylic acids is 1. The topological polar surface area (TPSA) is 37.3 Å². The van der Waals surface area contributed by atoms with Crippen LogP contribution in [-0.4, -0.2) is 10.9 Å². The summed E-state index contributed by atoms with van der Waals surface area (Å²) in [6, 6.07) is 9.50. The molecule has 0 amide bonds. The summed E-state index contributed by atoms with van der Waals surface area (Å²) >= 11 is 0. The van der Waals surface area contributed by atoms with E-state index < -0.39 is 6.10 Å². The molecule has 142 valence electrons. The molecule has 0 aliphatic carbocycles. The van der Waals surface area contributed by atoms with Crippen LogP contribution in [0.25, 0.3) is 0 Å². The molecule has 0 radical (unpaired) electrons. The van der Waals surface area contributed by atoms with Gasteiger partial charge in [-0.1, -0.05) is 108 Å². The van der Waals surface area contributed by atoms with E-state index in [0.717, 1.165) is 18.4 Å². The van der Waals surface area contributed by atoms with Crippen LogP contribution in [0.1, 0.15) is 103 Å². The highest BCUT2D eigenvalue weighted by molar-refractivity contribution is 5.81. The first-order valence-corrected chi connectivity index (χ1v) is 10.4. The van der Waals surface area contributed by atoms with Crippen molar-refractivity contribution in [2.24, 2.45) is 5.92 Å². The lowest BCUT2D eigenvalue weighted by molar-refractivity contribution is -0.125. The normalized spacial score (nSPS) is 13.6. The Balaban J connectivity index is 2.03. The third-order valence-electron chi connectivity index (χ3n) is 5.15. The maximum Gasteiger partial charge on any atom is 0.138 e. The highest BCUT2D eigenvalue weighted by Crippen LogP contribution is 2.24. The Kier molecular flexibility index (Phi) is 12.3. The lowest BCUT2D eigenvalue weighted by Gasteiger charge is -2.18. The van der Waals surface area contributed by atoms with E-state index in [9.17, 15) is 9.90 Å². The quantitative estimate of drug-likeness (QED) is 0.362. The minimum Gasteiger partial charge on any atom is -0.388 e. The fraction of sp³-hybridized carbons (Fsp3) is 0.696. The van der Waals surface area contributed by atoms with E-state index in [1.807, 2.05) is 37.3 Å². The van der Waals surface area contributed by atoms with E-state index in [1.54, 1.807) is 0 Å². The molecule has 1 rings (SSSR count). The number of carbonyl (C=O) groups is 1. The summed E-state index contributed by atoms with van der Waals surface area (Å²) in [7, 11) is 0. The molecule has 2 heteroatoms. The lowest BCUT2D eigenvalue weighted by Crippen LogP contribution is -2.19. The van der Waals surface area contributed by atoms with Crippen LogP contribution >= 0.6 is 0 Å². The molecular weight excluding hydrogens is 308 g/mol. The molecule has 0 aliphatic heterocycles. The van der Waals surface area contributed by atoms with Gasteiger partial charge in [-0.15, -0.1) is 0 Å². The van der Waals surface area contributed by atoms with Gasteiger partial charge in [-0.2, -0.15) is 0 Å². The molecular formula is C23H38O2. The second-order valence-corrected chi connectivity index (χ2v) is 7.40. The molecule has 1 aromatic rings. The second kappa shape index (κ2) is 14.1. The van der Waals surface area contributed by atoms with E-state index >= 15 is 0 Å². The zero-order valence-electron chi connectivity index (χ0n) is 16.4. The first-order chi connectivity index (χ1) is 12.2. The highest BCUT2D eigenvalue weighted by atomic mass is 16.3. The van der Waals surface area contributed by atoms with E-state index in [-0.39, 0.29) is 11.7 Å². The second-order valence-electron chi connectivity index (χ2n) is 7.40. The van der Waals surface area contributed by atoms with Gasteiger partial charge in [0.2, 0.25) is 0 Å². The fourth-order valence-electron chi connectivity index (χ4n) is 3.31. The van der Waals surface area contributed by atoms with E-state index in [0.29, 0.717) is 6.42 Å². The molecule has 2 atom stereocenters. The van der Waals surface area contributed by atoms with Crippen LogP contribution in [0.15, 0.2) is 30.3 Å². The Labute approximate surface area is 155 Å². The van der Waals surface area contributed by atoms with Gasteiger partial charge in [0, 0.05) is 12.3 Å². The molecule has 0 spiro atoms. The van der Waals surface area contributed by atoms with Crippen LogP contribution in [0.5, 0.6) is 0 Å². The summed E-state index contributed by atoms with van der Waals surface area (Å²) in [5.74, 6) is -0.127. The number of benzene rings is 1.